The summed E-state index contributed by atoms with van der Waals surface area (Å²) >= 11 is 0. The molecule has 0 amide bonds. The molecule has 1 heterocycles. The van der Waals surface area contributed by atoms with Crippen LogP contribution in [0, 0.1) is 5.82 Å². The minimum absolute atomic E-state index is 0.168. The summed E-state index contributed by atoms with van der Waals surface area (Å²) in [4.78, 5) is 2.06. The van der Waals surface area contributed by atoms with Gasteiger partial charge in [-0.2, -0.15) is 0 Å². The fourth-order valence-corrected chi connectivity index (χ4v) is 2.40. The number of nitrogens with zero attached hydrogens (tertiary/aromatic N) is 1. The number of hydrogen-bond donors (Lipinski definition) is 1. The molecule has 0 saturated carbocycles. The van der Waals surface area contributed by atoms with Gasteiger partial charge in [-0.25, -0.2) is 4.39 Å². The second-order valence-corrected chi connectivity index (χ2v) is 4.81. The van der Waals surface area contributed by atoms with Crippen molar-refractivity contribution in [2.24, 2.45) is 5.73 Å². The smallest absolute Gasteiger partial charge is 0.146 e. The summed E-state index contributed by atoms with van der Waals surface area (Å²) in [5.41, 5.74) is 7.45. The lowest BCUT2D eigenvalue weighted by atomic mass is 10.0. The third-order valence-corrected chi connectivity index (χ3v) is 3.42. The molecule has 1 saturated heterocycles. The lowest BCUT2D eigenvalue weighted by Crippen LogP contribution is -2.43. The molecule has 0 spiro atoms. The highest BCUT2D eigenvalue weighted by molar-refractivity contribution is 5.56. The van der Waals surface area contributed by atoms with E-state index in [0.29, 0.717) is 12.3 Å². The van der Waals surface area contributed by atoms with Gasteiger partial charge in [0.2, 0.25) is 0 Å². The number of halogens is 1. The average molecular weight is 252 g/mol. The summed E-state index contributed by atoms with van der Waals surface area (Å²) in [5.74, 6) is -0.193. The Bertz CT molecular complexity index is 409. The number of morpholine rings is 1. The topological polar surface area (TPSA) is 38.5 Å². The molecule has 2 N–H and O–H groups in total. The number of hydrogen-bond acceptors (Lipinski definition) is 3. The van der Waals surface area contributed by atoms with Crippen molar-refractivity contribution in [2.75, 3.05) is 24.6 Å². The van der Waals surface area contributed by atoms with E-state index in [1.807, 2.05) is 13.0 Å². The van der Waals surface area contributed by atoms with Crippen LogP contribution in [0.25, 0.3) is 0 Å². The average Bonchev–Trinajstić information content (AvgIpc) is 2.38. The van der Waals surface area contributed by atoms with Crippen LogP contribution in [0.4, 0.5) is 10.1 Å². The molecule has 100 valence electrons. The van der Waals surface area contributed by atoms with E-state index in [9.17, 15) is 4.39 Å². The second-order valence-electron chi connectivity index (χ2n) is 4.81. The first-order valence-electron chi connectivity index (χ1n) is 6.54. The lowest BCUT2D eigenvalue weighted by Gasteiger charge is -2.36. The van der Waals surface area contributed by atoms with E-state index < -0.39 is 0 Å². The second kappa shape index (κ2) is 5.67. The SMILES string of the molecule is CCC1CN(c2c(F)cccc2[C@@H](C)N)CCO1. The first-order valence-corrected chi connectivity index (χ1v) is 6.54. The van der Waals surface area contributed by atoms with Gasteiger partial charge >= 0.3 is 0 Å². The Balaban J connectivity index is 2.31. The zero-order chi connectivity index (χ0) is 13.1. The van der Waals surface area contributed by atoms with Crippen molar-refractivity contribution in [1.82, 2.24) is 0 Å². The van der Waals surface area contributed by atoms with Gasteiger partial charge in [-0.05, 0) is 25.0 Å². The van der Waals surface area contributed by atoms with Crippen molar-refractivity contribution in [1.29, 1.82) is 0 Å². The molecular formula is C14H21FN2O. The number of benzene rings is 1. The molecular weight excluding hydrogens is 231 g/mol. The van der Waals surface area contributed by atoms with Crippen LogP contribution in [0.2, 0.25) is 0 Å². The maximum atomic E-state index is 14.1. The van der Waals surface area contributed by atoms with E-state index >= 15 is 0 Å². The van der Waals surface area contributed by atoms with Crippen LogP contribution in [0.1, 0.15) is 31.9 Å². The molecule has 2 rings (SSSR count). The van der Waals surface area contributed by atoms with E-state index in [0.717, 1.165) is 25.1 Å². The fraction of sp³-hybridized carbons (Fsp3) is 0.571. The van der Waals surface area contributed by atoms with E-state index in [1.165, 1.54) is 6.07 Å². The quantitative estimate of drug-likeness (QED) is 0.898. The van der Waals surface area contributed by atoms with Gasteiger partial charge in [0.15, 0.2) is 0 Å². The van der Waals surface area contributed by atoms with E-state index in [4.69, 9.17) is 10.5 Å². The molecule has 1 aliphatic rings. The molecule has 0 radical (unpaired) electrons. The molecule has 1 aromatic carbocycles. The predicted octanol–water partition coefficient (Wildman–Crippen LogP) is 2.46. The standard InChI is InChI=1S/C14H21FN2O/c1-3-11-9-17(7-8-18-11)14-12(10(2)16)5-4-6-13(14)15/h4-6,10-11H,3,7-9,16H2,1-2H3/t10-,11?/m1/s1. The number of para-hydroxylation sites is 1. The summed E-state index contributed by atoms with van der Waals surface area (Å²) in [7, 11) is 0. The van der Waals surface area contributed by atoms with E-state index in [1.54, 1.807) is 6.07 Å². The van der Waals surface area contributed by atoms with Crippen LogP contribution in [0.3, 0.4) is 0 Å². The van der Waals surface area contributed by atoms with Crippen LogP contribution < -0.4 is 10.6 Å². The molecule has 4 heteroatoms. The third kappa shape index (κ3) is 2.65. The lowest BCUT2D eigenvalue weighted by molar-refractivity contribution is 0.0381. The Morgan fingerprint density at radius 1 is 1.56 bits per heavy atom. The maximum absolute atomic E-state index is 14.1. The Hall–Kier alpha value is -1.13. The summed E-state index contributed by atoms with van der Waals surface area (Å²) in [6, 6.07) is 4.95. The zero-order valence-electron chi connectivity index (χ0n) is 11.0. The van der Waals surface area contributed by atoms with E-state index in [-0.39, 0.29) is 18.0 Å². The summed E-state index contributed by atoms with van der Waals surface area (Å²) in [5, 5.41) is 0. The molecule has 0 bridgehead atoms. The summed E-state index contributed by atoms with van der Waals surface area (Å²) in [6.07, 6.45) is 1.12. The van der Waals surface area contributed by atoms with Gasteiger partial charge in [-0.1, -0.05) is 19.1 Å². The molecule has 2 atom stereocenters. The van der Waals surface area contributed by atoms with Crippen LogP contribution >= 0.6 is 0 Å². The zero-order valence-corrected chi connectivity index (χ0v) is 11.0. The molecule has 0 aromatic heterocycles. The van der Waals surface area contributed by atoms with Gasteiger partial charge in [0.1, 0.15) is 5.82 Å². The molecule has 3 nitrogen and oxygen atoms in total. The monoisotopic (exact) mass is 252 g/mol. The highest BCUT2D eigenvalue weighted by atomic mass is 19.1. The largest absolute Gasteiger partial charge is 0.375 e. The van der Waals surface area contributed by atoms with Crippen molar-refractivity contribution in [2.45, 2.75) is 32.4 Å². The van der Waals surface area contributed by atoms with Crippen molar-refractivity contribution >= 4 is 5.69 Å². The number of rotatable bonds is 3. The maximum Gasteiger partial charge on any atom is 0.146 e. The molecule has 1 aromatic rings. The number of nitrogens with two attached hydrogens (primary N) is 1. The Labute approximate surface area is 108 Å². The minimum Gasteiger partial charge on any atom is -0.375 e. The summed E-state index contributed by atoms with van der Waals surface area (Å²) < 4.78 is 19.7. The first-order chi connectivity index (χ1) is 8.63. The van der Waals surface area contributed by atoms with Crippen LogP contribution in [-0.4, -0.2) is 25.8 Å². The van der Waals surface area contributed by atoms with Crippen LogP contribution in [0.15, 0.2) is 18.2 Å². The minimum atomic E-state index is -0.193. The summed E-state index contributed by atoms with van der Waals surface area (Å²) in [6.45, 7) is 6.07. The van der Waals surface area contributed by atoms with Crippen molar-refractivity contribution < 1.29 is 9.13 Å². The number of anilines is 1. The Kier molecular flexibility index (Phi) is 4.19. The number of ether oxygens (including phenoxy) is 1. The van der Waals surface area contributed by atoms with Gasteiger partial charge in [-0.15, -0.1) is 0 Å². The van der Waals surface area contributed by atoms with Gasteiger partial charge < -0.3 is 15.4 Å². The molecule has 1 aliphatic heterocycles. The predicted molar refractivity (Wildman–Crippen MR) is 71.2 cm³/mol. The van der Waals surface area contributed by atoms with Crippen molar-refractivity contribution in [3.8, 4) is 0 Å². The Morgan fingerprint density at radius 2 is 2.33 bits per heavy atom. The van der Waals surface area contributed by atoms with Gasteiger partial charge in [-0.3, -0.25) is 0 Å². The molecule has 1 unspecified atom stereocenters. The van der Waals surface area contributed by atoms with Crippen molar-refractivity contribution in [3.63, 3.8) is 0 Å². The normalized spacial score (nSPS) is 22.0. The van der Waals surface area contributed by atoms with Crippen LogP contribution in [0.5, 0.6) is 0 Å². The van der Waals surface area contributed by atoms with Crippen molar-refractivity contribution in [3.05, 3.63) is 29.6 Å². The fourth-order valence-electron chi connectivity index (χ4n) is 2.40. The van der Waals surface area contributed by atoms with Gasteiger partial charge in [0.05, 0.1) is 18.4 Å². The molecule has 0 aliphatic carbocycles. The molecule has 1 fully saturated rings. The Morgan fingerprint density at radius 3 is 3.00 bits per heavy atom. The van der Waals surface area contributed by atoms with Gasteiger partial charge in [0, 0.05) is 19.1 Å². The first kappa shape index (κ1) is 13.3. The highest BCUT2D eigenvalue weighted by Crippen LogP contribution is 2.30. The highest BCUT2D eigenvalue weighted by Gasteiger charge is 2.24. The van der Waals surface area contributed by atoms with Gasteiger partial charge in [0.25, 0.3) is 0 Å². The molecule has 18 heavy (non-hydrogen) atoms. The third-order valence-electron chi connectivity index (χ3n) is 3.42. The van der Waals surface area contributed by atoms with Crippen LogP contribution in [-0.2, 0) is 4.74 Å². The van der Waals surface area contributed by atoms with E-state index in [2.05, 4.69) is 11.8 Å².